The first-order valence-electron chi connectivity index (χ1n) is 5.99. The van der Waals surface area contributed by atoms with E-state index in [4.69, 9.17) is 22.1 Å². The number of aryl methyl sites for hydroxylation is 1. The lowest BCUT2D eigenvalue weighted by molar-refractivity contribution is 0.222. The second kappa shape index (κ2) is 6.72. The summed E-state index contributed by atoms with van der Waals surface area (Å²) in [7, 11) is 0. The van der Waals surface area contributed by atoms with E-state index in [0.717, 1.165) is 30.9 Å². The molecule has 0 saturated heterocycles. The van der Waals surface area contributed by atoms with Crippen LogP contribution in [0.2, 0.25) is 5.02 Å². The van der Waals surface area contributed by atoms with E-state index < -0.39 is 0 Å². The molecule has 0 spiro atoms. The predicted octanol–water partition coefficient (Wildman–Crippen LogP) is 2.95. The van der Waals surface area contributed by atoms with E-state index in [-0.39, 0.29) is 0 Å². The number of hydrogen-bond acceptors (Lipinski definition) is 3. The van der Waals surface area contributed by atoms with Crippen molar-refractivity contribution in [1.29, 1.82) is 0 Å². The highest BCUT2D eigenvalue weighted by Crippen LogP contribution is 2.28. The maximum atomic E-state index is 5.97. The third-order valence-electron chi connectivity index (χ3n) is 2.85. The fourth-order valence-electron chi connectivity index (χ4n) is 1.67. The summed E-state index contributed by atoms with van der Waals surface area (Å²) in [5.41, 5.74) is 7.33. The summed E-state index contributed by atoms with van der Waals surface area (Å²) < 4.78 is 5.73. The SMILES string of the molecule is CCN(CC)CCOc1cc(Cl)c(N)cc1C. The molecule has 0 heterocycles. The van der Waals surface area contributed by atoms with Gasteiger partial charge in [-0.15, -0.1) is 0 Å². The zero-order chi connectivity index (χ0) is 12.8. The first-order chi connectivity index (χ1) is 8.08. The Morgan fingerprint density at radius 3 is 2.53 bits per heavy atom. The molecule has 0 aromatic heterocycles. The quantitative estimate of drug-likeness (QED) is 0.796. The molecule has 17 heavy (non-hydrogen) atoms. The van der Waals surface area contributed by atoms with Crippen LogP contribution in [0.4, 0.5) is 5.69 Å². The normalized spacial score (nSPS) is 10.9. The molecular formula is C13H21ClN2O. The van der Waals surface area contributed by atoms with E-state index >= 15 is 0 Å². The molecule has 0 fully saturated rings. The molecular weight excluding hydrogens is 236 g/mol. The number of nitrogens with two attached hydrogens (primary N) is 1. The van der Waals surface area contributed by atoms with Crippen molar-refractivity contribution < 1.29 is 4.74 Å². The predicted molar refractivity (Wildman–Crippen MR) is 73.9 cm³/mol. The molecule has 96 valence electrons. The van der Waals surface area contributed by atoms with Gasteiger partial charge in [-0.25, -0.2) is 0 Å². The van der Waals surface area contributed by atoms with E-state index in [1.165, 1.54) is 0 Å². The maximum absolute atomic E-state index is 5.97. The van der Waals surface area contributed by atoms with Gasteiger partial charge in [0.15, 0.2) is 0 Å². The Morgan fingerprint density at radius 1 is 1.29 bits per heavy atom. The summed E-state index contributed by atoms with van der Waals surface area (Å²) in [4.78, 5) is 2.31. The molecule has 1 aromatic carbocycles. The van der Waals surface area contributed by atoms with Crippen molar-refractivity contribution in [1.82, 2.24) is 4.90 Å². The van der Waals surface area contributed by atoms with Crippen molar-refractivity contribution in [2.24, 2.45) is 0 Å². The van der Waals surface area contributed by atoms with Crippen LogP contribution in [0.3, 0.4) is 0 Å². The Kier molecular flexibility index (Phi) is 5.59. The van der Waals surface area contributed by atoms with Gasteiger partial charge in [0.2, 0.25) is 0 Å². The Labute approximate surface area is 109 Å². The minimum atomic E-state index is 0.549. The molecule has 0 radical (unpaired) electrons. The minimum absolute atomic E-state index is 0.549. The number of benzene rings is 1. The van der Waals surface area contributed by atoms with Crippen molar-refractivity contribution in [3.63, 3.8) is 0 Å². The summed E-state index contributed by atoms with van der Waals surface area (Å²) in [6.45, 7) is 9.95. The van der Waals surface area contributed by atoms with Crippen LogP contribution >= 0.6 is 11.6 Å². The molecule has 0 aliphatic rings. The molecule has 4 heteroatoms. The van der Waals surface area contributed by atoms with E-state index in [9.17, 15) is 0 Å². The summed E-state index contributed by atoms with van der Waals surface area (Å²) >= 11 is 5.97. The maximum Gasteiger partial charge on any atom is 0.123 e. The lowest BCUT2D eigenvalue weighted by Crippen LogP contribution is -2.28. The van der Waals surface area contributed by atoms with Crippen molar-refractivity contribution in [2.45, 2.75) is 20.8 Å². The Bertz CT molecular complexity index is 365. The fraction of sp³-hybridized carbons (Fsp3) is 0.538. The van der Waals surface area contributed by atoms with Gasteiger partial charge in [0.1, 0.15) is 12.4 Å². The topological polar surface area (TPSA) is 38.5 Å². The van der Waals surface area contributed by atoms with Crippen LogP contribution < -0.4 is 10.5 Å². The van der Waals surface area contributed by atoms with Crippen molar-refractivity contribution >= 4 is 17.3 Å². The van der Waals surface area contributed by atoms with Gasteiger partial charge >= 0.3 is 0 Å². The van der Waals surface area contributed by atoms with E-state index in [1.807, 2.05) is 13.0 Å². The molecule has 1 aromatic rings. The first kappa shape index (κ1) is 14.1. The highest BCUT2D eigenvalue weighted by molar-refractivity contribution is 6.33. The number of halogens is 1. The fourth-order valence-corrected chi connectivity index (χ4v) is 1.82. The van der Waals surface area contributed by atoms with Crippen LogP contribution in [0.1, 0.15) is 19.4 Å². The van der Waals surface area contributed by atoms with Gasteiger partial charge < -0.3 is 15.4 Å². The third kappa shape index (κ3) is 4.10. The highest BCUT2D eigenvalue weighted by atomic mass is 35.5. The molecule has 0 saturated carbocycles. The van der Waals surface area contributed by atoms with Crippen molar-refractivity contribution in [2.75, 3.05) is 32.0 Å². The summed E-state index contributed by atoms with van der Waals surface area (Å²) in [5.74, 6) is 0.816. The average Bonchev–Trinajstić information content (AvgIpc) is 2.31. The highest BCUT2D eigenvalue weighted by Gasteiger charge is 2.05. The van der Waals surface area contributed by atoms with E-state index in [1.54, 1.807) is 6.07 Å². The summed E-state index contributed by atoms with van der Waals surface area (Å²) in [5, 5.41) is 0.549. The second-order valence-electron chi connectivity index (χ2n) is 4.01. The van der Waals surface area contributed by atoms with Crippen molar-refractivity contribution in [3.8, 4) is 5.75 Å². The van der Waals surface area contributed by atoms with Crippen LogP contribution in [0.15, 0.2) is 12.1 Å². The van der Waals surface area contributed by atoms with Gasteiger partial charge in [-0.1, -0.05) is 25.4 Å². The Hall–Kier alpha value is -0.930. The Balaban J connectivity index is 2.55. The molecule has 0 amide bonds. The van der Waals surface area contributed by atoms with Crippen LogP contribution in [-0.2, 0) is 0 Å². The molecule has 0 aliphatic heterocycles. The number of nitrogen functional groups attached to an aromatic ring is 1. The van der Waals surface area contributed by atoms with Gasteiger partial charge in [0.05, 0.1) is 10.7 Å². The lowest BCUT2D eigenvalue weighted by Gasteiger charge is -2.18. The minimum Gasteiger partial charge on any atom is -0.492 e. The largest absolute Gasteiger partial charge is 0.492 e. The van der Waals surface area contributed by atoms with Gasteiger partial charge in [0.25, 0.3) is 0 Å². The van der Waals surface area contributed by atoms with Crippen LogP contribution in [-0.4, -0.2) is 31.1 Å². The second-order valence-corrected chi connectivity index (χ2v) is 4.42. The van der Waals surface area contributed by atoms with Gasteiger partial charge in [-0.05, 0) is 31.6 Å². The molecule has 2 N–H and O–H groups in total. The molecule has 0 aliphatic carbocycles. The number of hydrogen-bond donors (Lipinski definition) is 1. The number of anilines is 1. The van der Waals surface area contributed by atoms with Crippen LogP contribution in [0, 0.1) is 6.92 Å². The number of rotatable bonds is 6. The average molecular weight is 257 g/mol. The standard InChI is InChI=1S/C13H21ClN2O/c1-4-16(5-2)6-7-17-13-9-11(14)12(15)8-10(13)3/h8-9H,4-7,15H2,1-3H3. The summed E-state index contributed by atoms with van der Waals surface area (Å²) in [6, 6.07) is 3.63. The lowest BCUT2D eigenvalue weighted by atomic mass is 10.2. The zero-order valence-corrected chi connectivity index (χ0v) is 11.5. The first-order valence-corrected chi connectivity index (χ1v) is 6.37. The smallest absolute Gasteiger partial charge is 0.123 e. The van der Waals surface area contributed by atoms with Gasteiger partial charge in [-0.2, -0.15) is 0 Å². The number of nitrogens with zero attached hydrogens (tertiary/aromatic N) is 1. The molecule has 3 nitrogen and oxygen atoms in total. The van der Waals surface area contributed by atoms with Gasteiger partial charge in [-0.3, -0.25) is 0 Å². The van der Waals surface area contributed by atoms with E-state index in [0.29, 0.717) is 17.3 Å². The molecule has 0 bridgehead atoms. The Morgan fingerprint density at radius 2 is 1.94 bits per heavy atom. The summed E-state index contributed by atoms with van der Waals surface area (Å²) in [6.07, 6.45) is 0. The van der Waals surface area contributed by atoms with Crippen molar-refractivity contribution in [3.05, 3.63) is 22.7 Å². The number of likely N-dealkylation sites (N-methyl/N-ethyl adjacent to an activating group) is 1. The van der Waals surface area contributed by atoms with Crippen LogP contribution in [0.5, 0.6) is 5.75 Å². The molecule has 0 unspecified atom stereocenters. The zero-order valence-electron chi connectivity index (χ0n) is 10.8. The number of ether oxygens (including phenoxy) is 1. The molecule has 1 rings (SSSR count). The molecule has 0 atom stereocenters. The van der Waals surface area contributed by atoms with E-state index in [2.05, 4.69) is 18.7 Å². The van der Waals surface area contributed by atoms with Crippen LogP contribution in [0.25, 0.3) is 0 Å². The monoisotopic (exact) mass is 256 g/mol. The third-order valence-corrected chi connectivity index (χ3v) is 3.18. The van der Waals surface area contributed by atoms with Gasteiger partial charge in [0, 0.05) is 12.6 Å².